The molecule has 0 spiro atoms. The molecule has 102 valence electrons. The first-order valence-electron chi connectivity index (χ1n) is 6.30. The van der Waals surface area contributed by atoms with E-state index in [4.69, 9.17) is 10.5 Å². The third kappa shape index (κ3) is 3.54. The van der Waals surface area contributed by atoms with Crippen molar-refractivity contribution in [2.24, 2.45) is 5.73 Å². The van der Waals surface area contributed by atoms with E-state index in [9.17, 15) is 4.39 Å². The molecule has 0 fully saturated rings. The van der Waals surface area contributed by atoms with Crippen LogP contribution in [-0.4, -0.2) is 16.3 Å². The van der Waals surface area contributed by atoms with Gasteiger partial charge in [-0.3, -0.25) is 4.68 Å². The van der Waals surface area contributed by atoms with Crippen LogP contribution in [0.2, 0.25) is 0 Å². The molecule has 0 aliphatic heterocycles. The predicted octanol–water partition coefficient (Wildman–Crippen LogP) is 2.90. The molecule has 1 aromatic carbocycles. The van der Waals surface area contributed by atoms with Crippen molar-refractivity contribution in [1.82, 2.24) is 9.78 Å². The maximum absolute atomic E-state index is 13.4. The van der Waals surface area contributed by atoms with Crippen molar-refractivity contribution in [3.63, 3.8) is 0 Å². The summed E-state index contributed by atoms with van der Waals surface area (Å²) in [7, 11) is 0. The van der Waals surface area contributed by atoms with Crippen LogP contribution in [0.4, 0.5) is 4.39 Å². The number of benzene rings is 1. The molecular weight excluding hydrogens is 245 g/mol. The lowest BCUT2D eigenvalue weighted by Gasteiger charge is -2.06. The monoisotopic (exact) mass is 263 g/mol. The highest BCUT2D eigenvalue weighted by molar-refractivity contribution is 5.33. The highest BCUT2D eigenvalue weighted by atomic mass is 19.1. The van der Waals surface area contributed by atoms with Gasteiger partial charge in [0.25, 0.3) is 0 Å². The van der Waals surface area contributed by atoms with Crippen molar-refractivity contribution >= 4 is 0 Å². The third-order valence-corrected chi connectivity index (χ3v) is 2.71. The van der Waals surface area contributed by atoms with Crippen LogP contribution in [0.1, 0.15) is 25.5 Å². The fraction of sp³-hybridized carbons (Fsp3) is 0.357. The molecule has 2 aromatic rings. The number of nitrogens with two attached hydrogens (primary N) is 1. The Morgan fingerprint density at radius 3 is 2.74 bits per heavy atom. The highest BCUT2D eigenvalue weighted by Crippen LogP contribution is 2.24. The van der Waals surface area contributed by atoms with E-state index < -0.39 is 0 Å². The van der Waals surface area contributed by atoms with E-state index in [0.29, 0.717) is 24.5 Å². The number of halogens is 1. The standard InChI is InChI=1S/C14H18FN3O/c1-10(2)18-9-14(8-17-18)19-13-6-11(3-4-16)5-12(15)7-13/h5-10H,3-4,16H2,1-2H3. The van der Waals surface area contributed by atoms with E-state index in [1.54, 1.807) is 23.1 Å². The van der Waals surface area contributed by atoms with Crippen LogP contribution in [0.5, 0.6) is 11.5 Å². The van der Waals surface area contributed by atoms with E-state index in [-0.39, 0.29) is 11.9 Å². The SMILES string of the molecule is CC(C)n1cc(Oc2cc(F)cc(CCN)c2)cn1. The molecule has 0 unspecified atom stereocenters. The number of aromatic nitrogens is 2. The van der Waals surface area contributed by atoms with Gasteiger partial charge in [-0.1, -0.05) is 0 Å². The fourth-order valence-electron chi connectivity index (χ4n) is 1.78. The molecule has 0 atom stereocenters. The van der Waals surface area contributed by atoms with Crippen molar-refractivity contribution in [2.75, 3.05) is 6.54 Å². The van der Waals surface area contributed by atoms with Gasteiger partial charge in [-0.2, -0.15) is 5.10 Å². The topological polar surface area (TPSA) is 53.1 Å². The summed E-state index contributed by atoms with van der Waals surface area (Å²) in [5, 5.41) is 4.17. The Balaban J connectivity index is 2.17. The minimum atomic E-state index is -0.322. The lowest BCUT2D eigenvalue weighted by molar-refractivity contribution is 0.471. The highest BCUT2D eigenvalue weighted by Gasteiger charge is 2.06. The molecule has 0 saturated carbocycles. The van der Waals surface area contributed by atoms with Crippen LogP contribution in [0.25, 0.3) is 0 Å². The van der Waals surface area contributed by atoms with E-state index in [1.807, 2.05) is 13.8 Å². The van der Waals surface area contributed by atoms with Crippen molar-refractivity contribution in [3.8, 4) is 11.5 Å². The van der Waals surface area contributed by atoms with Gasteiger partial charge in [0.05, 0.1) is 12.4 Å². The summed E-state index contributed by atoms with van der Waals surface area (Å²) in [5.41, 5.74) is 6.30. The van der Waals surface area contributed by atoms with Crippen LogP contribution in [-0.2, 0) is 6.42 Å². The number of rotatable bonds is 5. The summed E-state index contributed by atoms with van der Waals surface area (Å²) in [6.07, 6.45) is 4.03. The van der Waals surface area contributed by atoms with Crippen molar-refractivity contribution < 1.29 is 9.13 Å². The van der Waals surface area contributed by atoms with Gasteiger partial charge in [0, 0.05) is 12.1 Å². The van der Waals surface area contributed by atoms with Gasteiger partial charge < -0.3 is 10.5 Å². The minimum absolute atomic E-state index is 0.262. The first kappa shape index (κ1) is 13.5. The smallest absolute Gasteiger partial charge is 0.165 e. The third-order valence-electron chi connectivity index (χ3n) is 2.71. The summed E-state index contributed by atoms with van der Waals surface area (Å²) in [4.78, 5) is 0. The first-order chi connectivity index (χ1) is 9.08. The Hall–Kier alpha value is -1.88. The van der Waals surface area contributed by atoms with Gasteiger partial charge in [-0.05, 0) is 44.5 Å². The van der Waals surface area contributed by atoms with Crippen LogP contribution >= 0.6 is 0 Å². The quantitative estimate of drug-likeness (QED) is 0.902. The Bertz CT molecular complexity index is 551. The number of nitrogens with zero attached hydrogens (tertiary/aromatic N) is 2. The summed E-state index contributed by atoms with van der Waals surface area (Å²) < 4.78 is 20.8. The average Bonchev–Trinajstić information content (AvgIpc) is 2.77. The summed E-state index contributed by atoms with van der Waals surface area (Å²) in [5.74, 6) is 0.738. The number of hydrogen-bond acceptors (Lipinski definition) is 3. The molecule has 2 N–H and O–H groups in total. The molecule has 2 rings (SSSR count). The second kappa shape index (κ2) is 5.84. The van der Waals surface area contributed by atoms with Gasteiger partial charge >= 0.3 is 0 Å². The molecule has 0 aliphatic carbocycles. The molecule has 0 amide bonds. The summed E-state index contributed by atoms with van der Waals surface area (Å²) in [6, 6.07) is 4.88. The molecule has 0 radical (unpaired) electrons. The van der Waals surface area contributed by atoms with Gasteiger partial charge in [0.1, 0.15) is 11.6 Å². The Morgan fingerprint density at radius 1 is 1.32 bits per heavy atom. The zero-order chi connectivity index (χ0) is 13.8. The molecule has 0 bridgehead atoms. The van der Waals surface area contributed by atoms with Gasteiger partial charge in [-0.15, -0.1) is 0 Å². The van der Waals surface area contributed by atoms with E-state index in [1.165, 1.54) is 12.1 Å². The number of ether oxygens (including phenoxy) is 1. The van der Waals surface area contributed by atoms with Crippen LogP contribution in [0, 0.1) is 5.82 Å². The lowest BCUT2D eigenvalue weighted by atomic mass is 10.1. The molecule has 19 heavy (non-hydrogen) atoms. The van der Waals surface area contributed by atoms with E-state index in [0.717, 1.165) is 5.56 Å². The molecule has 5 heteroatoms. The van der Waals surface area contributed by atoms with Crippen LogP contribution in [0.3, 0.4) is 0 Å². The zero-order valence-electron chi connectivity index (χ0n) is 11.1. The van der Waals surface area contributed by atoms with Gasteiger partial charge in [-0.25, -0.2) is 4.39 Å². The summed E-state index contributed by atoms with van der Waals surface area (Å²) in [6.45, 7) is 4.53. The van der Waals surface area contributed by atoms with Crippen LogP contribution in [0.15, 0.2) is 30.6 Å². The molecule has 1 aromatic heterocycles. The average molecular weight is 263 g/mol. The maximum Gasteiger partial charge on any atom is 0.165 e. The second-order valence-electron chi connectivity index (χ2n) is 4.69. The Labute approximate surface area is 112 Å². The molecule has 1 heterocycles. The van der Waals surface area contributed by atoms with Gasteiger partial charge in [0.2, 0.25) is 0 Å². The maximum atomic E-state index is 13.4. The van der Waals surface area contributed by atoms with E-state index in [2.05, 4.69) is 5.10 Å². The normalized spacial score (nSPS) is 11.0. The van der Waals surface area contributed by atoms with Crippen molar-refractivity contribution in [2.45, 2.75) is 26.3 Å². The lowest BCUT2D eigenvalue weighted by Crippen LogP contribution is -2.03. The Kier molecular flexibility index (Phi) is 4.16. The molecule has 0 saturated heterocycles. The second-order valence-corrected chi connectivity index (χ2v) is 4.69. The van der Waals surface area contributed by atoms with Crippen molar-refractivity contribution in [3.05, 3.63) is 42.0 Å². The Morgan fingerprint density at radius 2 is 2.11 bits per heavy atom. The first-order valence-corrected chi connectivity index (χ1v) is 6.30. The van der Waals surface area contributed by atoms with Crippen molar-refractivity contribution in [1.29, 1.82) is 0 Å². The zero-order valence-corrected chi connectivity index (χ0v) is 11.1. The molecule has 4 nitrogen and oxygen atoms in total. The molecular formula is C14H18FN3O. The number of hydrogen-bond donors (Lipinski definition) is 1. The van der Waals surface area contributed by atoms with Gasteiger partial charge in [0.15, 0.2) is 5.75 Å². The fourth-order valence-corrected chi connectivity index (χ4v) is 1.78. The largest absolute Gasteiger partial charge is 0.454 e. The summed E-state index contributed by atoms with van der Waals surface area (Å²) >= 11 is 0. The molecule has 0 aliphatic rings. The predicted molar refractivity (Wildman–Crippen MR) is 71.8 cm³/mol. The minimum Gasteiger partial charge on any atom is -0.454 e. The van der Waals surface area contributed by atoms with E-state index >= 15 is 0 Å². The van der Waals surface area contributed by atoms with Crippen LogP contribution < -0.4 is 10.5 Å².